The van der Waals surface area contributed by atoms with Crippen LogP contribution in [0.3, 0.4) is 0 Å². The third kappa shape index (κ3) is 2.75. The molecular formula is C14H18BrN3. The highest BCUT2D eigenvalue weighted by molar-refractivity contribution is 9.10. The first kappa shape index (κ1) is 13.1. The predicted octanol–water partition coefficient (Wildman–Crippen LogP) is 4.42. The molecule has 1 heterocycles. The number of imidazole rings is 1. The van der Waals surface area contributed by atoms with Gasteiger partial charge in [-0.15, -0.1) is 0 Å². The fraction of sp³-hybridized carbons (Fsp3) is 0.357. The maximum atomic E-state index is 4.37. The Balaban J connectivity index is 2.31. The van der Waals surface area contributed by atoms with Gasteiger partial charge in [-0.25, -0.2) is 4.98 Å². The molecule has 18 heavy (non-hydrogen) atoms. The largest absolute Gasteiger partial charge is 0.324 e. The SMILES string of the molecule is CCCn1ccnc1Nc1c(C)cc(C)cc1Br. The Bertz CT molecular complexity index is 523. The van der Waals surface area contributed by atoms with Crippen LogP contribution >= 0.6 is 15.9 Å². The predicted molar refractivity (Wildman–Crippen MR) is 79.4 cm³/mol. The second-order valence-electron chi connectivity index (χ2n) is 4.51. The quantitative estimate of drug-likeness (QED) is 0.906. The van der Waals surface area contributed by atoms with Gasteiger partial charge in [-0.05, 0) is 53.4 Å². The first-order chi connectivity index (χ1) is 8.61. The molecule has 0 unspecified atom stereocenters. The molecule has 0 amide bonds. The van der Waals surface area contributed by atoms with Crippen molar-refractivity contribution >= 4 is 27.6 Å². The number of rotatable bonds is 4. The Morgan fingerprint density at radius 2 is 2.11 bits per heavy atom. The smallest absolute Gasteiger partial charge is 0.207 e. The lowest BCUT2D eigenvalue weighted by molar-refractivity contribution is 0.686. The molecular weight excluding hydrogens is 290 g/mol. The van der Waals surface area contributed by atoms with Crippen molar-refractivity contribution in [1.29, 1.82) is 0 Å². The fourth-order valence-electron chi connectivity index (χ4n) is 2.04. The van der Waals surface area contributed by atoms with Gasteiger partial charge in [0.25, 0.3) is 0 Å². The molecule has 3 nitrogen and oxygen atoms in total. The van der Waals surface area contributed by atoms with Gasteiger partial charge < -0.3 is 9.88 Å². The lowest BCUT2D eigenvalue weighted by Crippen LogP contribution is -2.04. The minimum Gasteiger partial charge on any atom is -0.324 e. The molecule has 0 spiro atoms. The van der Waals surface area contributed by atoms with Crippen molar-refractivity contribution in [3.63, 3.8) is 0 Å². The van der Waals surface area contributed by atoms with Crippen molar-refractivity contribution in [2.75, 3.05) is 5.32 Å². The van der Waals surface area contributed by atoms with Crippen LogP contribution in [0.25, 0.3) is 0 Å². The maximum absolute atomic E-state index is 4.37. The molecule has 4 heteroatoms. The third-order valence-corrected chi connectivity index (χ3v) is 3.47. The van der Waals surface area contributed by atoms with Gasteiger partial charge >= 0.3 is 0 Å². The van der Waals surface area contributed by atoms with Gasteiger partial charge in [-0.3, -0.25) is 0 Å². The van der Waals surface area contributed by atoms with Gasteiger partial charge in [0.2, 0.25) is 5.95 Å². The Kier molecular flexibility index (Phi) is 4.07. The maximum Gasteiger partial charge on any atom is 0.207 e. The Hall–Kier alpha value is -1.29. The second-order valence-corrected chi connectivity index (χ2v) is 5.36. The van der Waals surface area contributed by atoms with Crippen LogP contribution in [-0.2, 0) is 6.54 Å². The molecule has 2 aromatic rings. The Labute approximate surface area is 116 Å². The van der Waals surface area contributed by atoms with Crippen molar-refractivity contribution in [3.05, 3.63) is 40.1 Å². The average molecular weight is 308 g/mol. The van der Waals surface area contributed by atoms with Crippen LogP contribution in [0.1, 0.15) is 24.5 Å². The van der Waals surface area contributed by atoms with E-state index in [2.05, 4.69) is 63.7 Å². The summed E-state index contributed by atoms with van der Waals surface area (Å²) in [6, 6.07) is 4.28. The van der Waals surface area contributed by atoms with E-state index < -0.39 is 0 Å². The molecule has 0 radical (unpaired) electrons. The summed E-state index contributed by atoms with van der Waals surface area (Å²) >= 11 is 3.61. The summed E-state index contributed by atoms with van der Waals surface area (Å²) in [6.07, 6.45) is 4.93. The van der Waals surface area contributed by atoms with Crippen LogP contribution in [0.5, 0.6) is 0 Å². The summed E-state index contributed by atoms with van der Waals surface area (Å²) in [5, 5.41) is 3.41. The number of aryl methyl sites for hydroxylation is 3. The highest BCUT2D eigenvalue weighted by Crippen LogP contribution is 2.30. The minimum absolute atomic E-state index is 0.893. The van der Waals surface area contributed by atoms with Crippen LogP contribution in [0.2, 0.25) is 0 Å². The summed E-state index contributed by atoms with van der Waals surface area (Å²) in [5.74, 6) is 0.893. The zero-order valence-corrected chi connectivity index (χ0v) is 12.6. The number of nitrogens with zero attached hydrogens (tertiary/aromatic N) is 2. The van der Waals surface area contributed by atoms with E-state index in [1.807, 2.05) is 12.4 Å². The minimum atomic E-state index is 0.893. The molecule has 0 atom stereocenters. The van der Waals surface area contributed by atoms with E-state index in [-0.39, 0.29) is 0 Å². The normalized spacial score (nSPS) is 10.7. The molecule has 1 aromatic heterocycles. The summed E-state index contributed by atoms with van der Waals surface area (Å²) < 4.78 is 3.21. The first-order valence-electron chi connectivity index (χ1n) is 6.16. The van der Waals surface area contributed by atoms with Gasteiger partial charge in [0.1, 0.15) is 0 Å². The zero-order chi connectivity index (χ0) is 13.1. The number of halogens is 1. The number of anilines is 2. The molecule has 0 aliphatic carbocycles. The van der Waals surface area contributed by atoms with Crippen molar-refractivity contribution in [3.8, 4) is 0 Å². The van der Waals surface area contributed by atoms with Crippen molar-refractivity contribution in [1.82, 2.24) is 9.55 Å². The third-order valence-electron chi connectivity index (χ3n) is 2.85. The van der Waals surface area contributed by atoms with E-state index in [0.717, 1.165) is 29.1 Å². The van der Waals surface area contributed by atoms with E-state index in [4.69, 9.17) is 0 Å². The molecule has 0 saturated carbocycles. The Morgan fingerprint density at radius 3 is 2.78 bits per heavy atom. The number of hydrogen-bond acceptors (Lipinski definition) is 2. The average Bonchev–Trinajstić information content (AvgIpc) is 2.71. The summed E-state index contributed by atoms with van der Waals surface area (Å²) in [4.78, 5) is 4.37. The fourth-order valence-corrected chi connectivity index (χ4v) is 2.81. The monoisotopic (exact) mass is 307 g/mol. The zero-order valence-electron chi connectivity index (χ0n) is 11.0. The van der Waals surface area contributed by atoms with E-state index in [0.29, 0.717) is 0 Å². The molecule has 0 fully saturated rings. The summed E-state index contributed by atoms with van der Waals surface area (Å²) in [5.41, 5.74) is 3.55. The van der Waals surface area contributed by atoms with E-state index in [9.17, 15) is 0 Å². The molecule has 0 bridgehead atoms. The number of benzene rings is 1. The molecule has 0 aliphatic heterocycles. The van der Waals surface area contributed by atoms with Gasteiger partial charge in [0, 0.05) is 23.4 Å². The molecule has 1 N–H and O–H groups in total. The molecule has 0 saturated heterocycles. The first-order valence-corrected chi connectivity index (χ1v) is 6.96. The highest BCUT2D eigenvalue weighted by Gasteiger charge is 2.08. The number of aromatic nitrogens is 2. The number of nitrogens with one attached hydrogen (secondary N) is 1. The van der Waals surface area contributed by atoms with Crippen molar-refractivity contribution in [2.24, 2.45) is 0 Å². The van der Waals surface area contributed by atoms with Crippen LogP contribution in [-0.4, -0.2) is 9.55 Å². The second kappa shape index (κ2) is 5.57. The summed E-state index contributed by atoms with van der Waals surface area (Å²) in [7, 11) is 0. The Morgan fingerprint density at radius 1 is 1.33 bits per heavy atom. The molecule has 0 aliphatic rings. The van der Waals surface area contributed by atoms with Gasteiger partial charge in [0.05, 0.1) is 5.69 Å². The number of hydrogen-bond donors (Lipinski definition) is 1. The van der Waals surface area contributed by atoms with Gasteiger partial charge in [-0.1, -0.05) is 13.0 Å². The van der Waals surface area contributed by atoms with Crippen LogP contribution in [0, 0.1) is 13.8 Å². The van der Waals surface area contributed by atoms with Gasteiger partial charge in [-0.2, -0.15) is 0 Å². The van der Waals surface area contributed by atoms with E-state index >= 15 is 0 Å². The van der Waals surface area contributed by atoms with Crippen molar-refractivity contribution in [2.45, 2.75) is 33.7 Å². The molecule has 1 aromatic carbocycles. The van der Waals surface area contributed by atoms with Crippen LogP contribution in [0.4, 0.5) is 11.6 Å². The van der Waals surface area contributed by atoms with Crippen molar-refractivity contribution < 1.29 is 0 Å². The lowest BCUT2D eigenvalue weighted by atomic mass is 10.1. The lowest BCUT2D eigenvalue weighted by Gasteiger charge is -2.13. The topological polar surface area (TPSA) is 29.9 Å². The van der Waals surface area contributed by atoms with E-state index in [1.165, 1.54) is 11.1 Å². The standard InChI is InChI=1S/C14H18BrN3/c1-4-6-18-7-5-16-14(18)17-13-11(3)8-10(2)9-12(13)15/h5,7-9H,4,6H2,1-3H3,(H,16,17). The van der Waals surface area contributed by atoms with E-state index in [1.54, 1.807) is 0 Å². The van der Waals surface area contributed by atoms with Crippen LogP contribution < -0.4 is 5.32 Å². The van der Waals surface area contributed by atoms with Gasteiger partial charge in [0.15, 0.2) is 0 Å². The molecule has 96 valence electrons. The molecule has 2 rings (SSSR count). The summed E-state index contributed by atoms with van der Waals surface area (Å²) in [6.45, 7) is 7.34. The van der Waals surface area contributed by atoms with Crippen LogP contribution in [0.15, 0.2) is 29.0 Å². The highest BCUT2D eigenvalue weighted by atomic mass is 79.9.